The van der Waals surface area contributed by atoms with Gasteiger partial charge in [0.1, 0.15) is 34.5 Å². The molecule has 6 nitrogen and oxygen atoms in total. The average Bonchev–Trinajstić information content (AvgIpc) is 3.24. The average molecular weight is 798 g/mol. The predicted molar refractivity (Wildman–Crippen MR) is 192 cm³/mol. The number of rotatable bonds is 10. The van der Waals surface area contributed by atoms with Crippen LogP contribution in [0.3, 0.4) is 0 Å². The van der Waals surface area contributed by atoms with E-state index in [1.807, 2.05) is 18.2 Å². The van der Waals surface area contributed by atoms with E-state index in [1.165, 1.54) is 27.4 Å². The summed E-state index contributed by atoms with van der Waals surface area (Å²) in [6.07, 6.45) is 0. The largest absolute Gasteiger partial charge is 4.00 e. The molecule has 4 rings (SSSR count). The molecule has 11 heteroatoms. The molecule has 0 atom stereocenters. The Balaban J connectivity index is 0.00000600. The van der Waals surface area contributed by atoms with Crippen LogP contribution in [0.25, 0.3) is 0 Å². The first-order valence-electron chi connectivity index (χ1n) is 15.7. The number of methoxy groups -OCH3 is 6. The zero-order chi connectivity index (χ0) is 34.4. The predicted octanol–water partition coefficient (Wildman–Crippen LogP) is -3.07. The van der Waals surface area contributed by atoms with Crippen molar-refractivity contribution in [1.29, 1.82) is 0 Å². The normalized spacial score (nSPS) is 10.6. The fraction of sp³-hybridized carbons (Fsp3) is 0.410. The minimum atomic E-state index is -3.47. The Kier molecular flexibility index (Phi) is 17.5. The van der Waals surface area contributed by atoms with E-state index in [4.69, 9.17) is 28.4 Å². The monoisotopic (exact) mass is 796 g/mol. The number of benzene rings is 3. The Bertz CT molecular complexity index is 1650. The molecule has 0 spiro atoms. The third-order valence-electron chi connectivity index (χ3n) is 10.7. The molecule has 272 valence electrons. The van der Waals surface area contributed by atoms with E-state index in [2.05, 4.69) is 69.2 Å². The fourth-order valence-corrected chi connectivity index (χ4v) is 14.5. The minimum Gasteiger partial charge on any atom is -1.00 e. The second-order valence-corrected chi connectivity index (χ2v) is 15.8. The van der Waals surface area contributed by atoms with Gasteiger partial charge < -0.3 is 65.6 Å². The van der Waals surface area contributed by atoms with Crippen molar-refractivity contribution in [3.8, 4) is 34.5 Å². The van der Waals surface area contributed by atoms with Gasteiger partial charge in [0.05, 0.1) is 42.7 Å². The van der Waals surface area contributed by atoms with E-state index in [-0.39, 0.29) is 58.9 Å². The van der Waals surface area contributed by atoms with E-state index < -0.39 is 8.07 Å². The molecule has 0 amide bonds. The van der Waals surface area contributed by atoms with Gasteiger partial charge in [0.25, 0.3) is 0 Å². The summed E-state index contributed by atoms with van der Waals surface area (Å²) in [5, 5.41) is 4.73. The first kappa shape index (κ1) is 47.6. The summed E-state index contributed by atoms with van der Waals surface area (Å²) in [7, 11) is 6.91. The summed E-state index contributed by atoms with van der Waals surface area (Å²) in [6.45, 7) is 22.0. The Morgan fingerprint density at radius 2 is 0.660 bits per heavy atom. The summed E-state index contributed by atoms with van der Waals surface area (Å²) >= 11 is 0. The first-order chi connectivity index (χ1) is 21.7. The Morgan fingerprint density at radius 1 is 0.400 bits per heavy atom. The molecule has 0 aliphatic heterocycles. The molecular formula is C39H51Cl3O6SiTi. The molecule has 0 saturated heterocycles. The van der Waals surface area contributed by atoms with Crippen molar-refractivity contribution in [2.75, 3.05) is 42.7 Å². The molecule has 0 N–H and O–H groups in total. The molecule has 0 aliphatic rings. The maximum atomic E-state index is 6.41. The van der Waals surface area contributed by atoms with Crippen molar-refractivity contribution in [2.45, 2.75) is 69.2 Å². The molecular weight excluding hydrogens is 747 g/mol. The topological polar surface area (TPSA) is 55.4 Å². The van der Waals surface area contributed by atoms with Gasteiger partial charge in [0, 0.05) is 18.2 Å². The molecule has 0 bridgehead atoms. The summed E-state index contributed by atoms with van der Waals surface area (Å²) < 4.78 is 37.0. The Hall–Kier alpha value is -2.39. The van der Waals surface area contributed by atoms with Crippen LogP contribution < -0.4 is 86.4 Å². The van der Waals surface area contributed by atoms with Gasteiger partial charge in [0.15, 0.2) is 8.07 Å². The van der Waals surface area contributed by atoms with Crippen LogP contribution in [-0.2, 0) is 21.7 Å². The van der Waals surface area contributed by atoms with Crippen molar-refractivity contribution < 1.29 is 87.4 Å². The zero-order valence-electron chi connectivity index (χ0n) is 32.3. The van der Waals surface area contributed by atoms with Crippen molar-refractivity contribution in [2.24, 2.45) is 0 Å². The minimum absolute atomic E-state index is 0. The second-order valence-electron chi connectivity index (χ2n) is 12.3. The van der Waals surface area contributed by atoms with E-state index in [0.29, 0.717) is 0 Å². The molecule has 4 aromatic rings. The summed E-state index contributed by atoms with van der Waals surface area (Å²) in [4.78, 5) is 0. The van der Waals surface area contributed by atoms with E-state index in [1.54, 1.807) is 42.7 Å². The Labute approximate surface area is 334 Å². The first-order valence-corrected chi connectivity index (χ1v) is 17.7. The summed E-state index contributed by atoms with van der Waals surface area (Å²) in [5.41, 5.74) is 11.6. The van der Waals surface area contributed by atoms with E-state index >= 15 is 0 Å². The third kappa shape index (κ3) is 7.03. The second kappa shape index (κ2) is 18.4. The Morgan fingerprint density at radius 3 is 0.860 bits per heavy atom. The van der Waals surface area contributed by atoms with Gasteiger partial charge in [0.2, 0.25) is 0 Å². The van der Waals surface area contributed by atoms with Crippen LogP contribution in [0.1, 0.15) is 55.6 Å². The zero-order valence-corrected chi connectivity index (χ0v) is 37.1. The van der Waals surface area contributed by atoms with E-state index in [9.17, 15) is 0 Å². The van der Waals surface area contributed by atoms with Gasteiger partial charge in [-0.2, -0.15) is 27.4 Å². The van der Waals surface area contributed by atoms with Gasteiger partial charge in [-0.3, -0.25) is 0 Å². The van der Waals surface area contributed by atoms with Crippen molar-refractivity contribution in [3.05, 3.63) is 73.8 Å². The van der Waals surface area contributed by atoms with Gasteiger partial charge >= 0.3 is 21.7 Å². The van der Waals surface area contributed by atoms with Crippen LogP contribution in [0.15, 0.2) is 18.2 Å². The molecule has 0 unspecified atom stereocenters. The van der Waals surface area contributed by atoms with Crippen LogP contribution >= 0.6 is 0 Å². The maximum Gasteiger partial charge on any atom is 4.00 e. The van der Waals surface area contributed by atoms with Gasteiger partial charge in [-0.25, -0.2) is 0 Å². The SMILES string of the molecule is COc1cc(OC)c([Si](c2c(OC)cc(OC)c(C)c2C)(c2c(OC)cc(OC)c(C)c2C)c2c(C)c(C)c(C)[c-]2C)c(C)c1C.[Cl-].[Cl-].[Cl-].[Ti+4]. The van der Waals surface area contributed by atoms with Gasteiger partial charge in [-0.15, -0.1) is 0 Å². The van der Waals surface area contributed by atoms with Crippen molar-refractivity contribution in [3.63, 3.8) is 0 Å². The molecule has 4 aromatic carbocycles. The molecule has 0 aliphatic carbocycles. The molecule has 0 fully saturated rings. The van der Waals surface area contributed by atoms with Crippen LogP contribution in [0, 0.1) is 69.2 Å². The third-order valence-corrected chi connectivity index (χ3v) is 16.3. The molecule has 50 heavy (non-hydrogen) atoms. The molecule has 0 heterocycles. The molecule has 0 saturated carbocycles. The van der Waals surface area contributed by atoms with Crippen molar-refractivity contribution >= 4 is 28.8 Å². The van der Waals surface area contributed by atoms with E-state index in [0.717, 1.165) is 83.4 Å². The number of ether oxygens (including phenoxy) is 6. The number of hydrogen-bond acceptors (Lipinski definition) is 6. The van der Waals surface area contributed by atoms with Crippen LogP contribution in [0.5, 0.6) is 34.5 Å². The molecule has 0 aromatic heterocycles. The van der Waals surface area contributed by atoms with Crippen molar-refractivity contribution in [1.82, 2.24) is 0 Å². The number of halogens is 3. The van der Waals surface area contributed by atoms with Gasteiger partial charge in [-0.05, 0) is 90.5 Å². The van der Waals surface area contributed by atoms with Crippen LogP contribution in [0.2, 0.25) is 0 Å². The summed E-state index contributed by atoms with van der Waals surface area (Å²) in [6, 6.07) is 6.13. The fourth-order valence-electron chi connectivity index (χ4n) is 7.62. The van der Waals surface area contributed by atoms with Crippen LogP contribution in [0.4, 0.5) is 0 Å². The smallest absolute Gasteiger partial charge is 1.00 e. The number of hydrogen-bond donors (Lipinski definition) is 0. The van der Waals surface area contributed by atoms with Crippen LogP contribution in [-0.4, -0.2) is 50.7 Å². The standard InChI is InChI=1S/C39H51O6Si.3ClH.Ti/c1-20-21(2)26(7)36(25(20)6)46(37-27(8)22(3)30(40-11)17-33(37)43-14,38-28(9)23(4)31(41-12)18-34(38)44-15)39-29(10)24(5)32(42-13)19-35(39)45-16;;;;/h17-19H,1-16H3;3*1H;/q-1;;;;+4/p-3. The summed E-state index contributed by atoms with van der Waals surface area (Å²) in [5.74, 6) is 4.67. The maximum absolute atomic E-state index is 6.41. The quantitative estimate of drug-likeness (QED) is 0.0967. The van der Waals surface area contributed by atoms with Gasteiger partial charge in [-0.1, -0.05) is 27.7 Å². The molecule has 0 radical (unpaired) electrons.